The third-order valence-electron chi connectivity index (χ3n) is 2.78. The van der Waals surface area contributed by atoms with E-state index in [1.165, 1.54) is 6.07 Å². The summed E-state index contributed by atoms with van der Waals surface area (Å²) in [7, 11) is 0. The Hall–Kier alpha value is -1.13. The third-order valence-corrected chi connectivity index (χ3v) is 2.78. The Bertz CT molecular complexity index is 324. The number of halogens is 1. The quantitative estimate of drug-likeness (QED) is 0.717. The van der Waals surface area contributed by atoms with Gasteiger partial charge in [0.15, 0.2) is 0 Å². The molecule has 0 aliphatic carbocycles. The molecule has 0 radical (unpaired) electrons. The second-order valence-corrected chi connectivity index (χ2v) is 4.16. The molecule has 0 spiro atoms. The summed E-state index contributed by atoms with van der Waals surface area (Å²) in [5.74, 6) is -0.274. The van der Waals surface area contributed by atoms with Crippen LogP contribution in [0, 0.1) is 5.82 Å². The number of unbranched alkanes of at least 4 members (excludes halogenated alkanes) is 1. The van der Waals surface area contributed by atoms with Gasteiger partial charge < -0.3 is 10.8 Å². The molecule has 1 aromatic carbocycles. The molecule has 0 heterocycles. The Morgan fingerprint density at radius 2 is 2.12 bits per heavy atom. The first-order valence-corrected chi connectivity index (χ1v) is 6.05. The zero-order valence-corrected chi connectivity index (χ0v) is 10.3. The van der Waals surface area contributed by atoms with Crippen LogP contribution >= 0.6 is 0 Å². The van der Waals surface area contributed by atoms with Crippen molar-refractivity contribution in [1.82, 2.24) is 4.90 Å². The first-order chi connectivity index (χ1) is 8.19. The second-order valence-electron chi connectivity index (χ2n) is 4.16. The van der Waals surface area contributed by atoms with Gasteiger partial charge in [0, 0.05) is 24.3 Å². The van der Waals surface area contributed by atoms with Crippen LogP contribution in [0.2, 0.25) is 0 Å². The largest absolute Gasteiger partial charge is 0.398 e. The minimum absolute atomic E-state index is 0.0814. The van der Waals surface area contributed by atoms with E-state index >= 15 is 0 Å². The van der Waals surface area contributed by atoms with Gasteiger partial charge in [0.05, 0.1) is 6.61 Å². The average Bonchev–Trinajstić information content (AvgIpc) is 2.31. The van der Waals surface area contributed by atoms with Crippen molar-refractivity contribution in [3.8, 4) is 0 Å². The van der Waals surface area contributed by atoms with Crippen molar-refractivity contribution in [2.75, 3.05) is 25.4 Å². The number of aliphatic hydroxyl groups is 1. The summed E-state index contributed by atoms with van der Waals surface area (Å²) in [4.78, 5) is 2.03. The first-order valence-electron chi connectivity index (χ1n) is 6.05. The fraction of sp³-hybridized carbons (Fsp3) is 0.538. The van der Waals surface area contributed by atoms with E-state index in [1.807, 2.05) is 4.90 Å². The van der Waals surface area contributed by atoms with Crippen molar-refractivity contribution < 1.29 is 9.50 Å². The van der Waals surface area contributed by atoms with Crippen molar-refractivity contribution in [2.24, 2.45) is 0 Å². The zero-order chi connectivity index (χ0) is 12.7. The van der Waals surface area contributed by atoms with Crippen LogP contribution in [0.1, 0.15) is 25.3 Å². The van der Waals surface area contributed by atoms with Crippen molar-refractivity contribution in [3.05, 3.63) is 29.6 Å². The normalized spacial score (nSPS) is 11.1. The Labute approximate surface area is 102 Å². The lowest BCUT2D eigenvalue weighted by molar-refractivity contribution is 0.187. The summed E-state index contributed by atoms with van der Waals surface area (Å²) >= 11 is 0. The maximum absolute atomic E-state index is 13.6. The number of aliphatic hydroxyl groups excluding tert-OH is 1. The Morgan fingerprint density at radius 3 is 2.71 bits per heavy atom. The van der Waals surface area contributed by atoms with E-state index in [-0.39, 0.29) is 12.4 Å². The lowest BCUT2D eigenvalue weighted by atomic mass is 10.1. The molecule has 0 aliphatic rings. The summed E-state index contributed by atoms with van der Waals surface area (Å²) in [5, 5.41) is 8.99. The molecule has 1 rings (SSSR count). The van der Waals surface area contributed by atoms with E-state index in [1.54, 1.807) is 12.1 Å². The SMILES string of the molecule is CCCCN(CCO)Cc1c(N)cccc1F. The lowest BCUT2D eigenvalue weighted by Crippen LogP contribution is -2.28. The molecule has 0 fully saturated rings. The van der Waals surface area contributed by atoms with Gasteiger partial charge in [-0.15, -0.1) is 0 Å². The molecule has 0 amide bonds. The highest BCUT2D eigenvalue weighted by Gasteiger charge is 2.11. The lowest BCUT2D eigenvalue weighted by Gasteiger charge is -2.22. The van der Waals surface area contributed by atoms with E-state index in [4.69, 9.17) is 10.8 Å². The number of nitrogens with zero attached hydrogens (tertiary/aromatic N) is 1. The summed E-state index contributed by atoms with van der Waals surface area (Å²) in [6, 6.07) is 4.73. The molecule has 0 aromatic heterocycles. The molecule has 4 heteroatoms. The molecule has 0 unspecified atom stereocenters. The molecule has 1 aromatic rings. The van der Waals surface area contributed by atoms with E-state index in [0.29, 0.717) is 24.3 Å². The summed E-state index contributed by atoms with van der Waals surface area (Å²) in [6.07, 6.45) is 2.11. The van der Waals surface area contributed by atoms with E-state index in [2.05, 4.69) is 6.92 Å². The van der Waals surface area contributed by atoms with Crippen LogP contribution in [0.3, 0.4) is 0 Å². The van der Waals surface area contributed by atoms with E-state index in [9.17, 15) is 4.39 Å². The smallest absolute Gasteiger partial charge is 0.129 e. The highest BCUT2D eigenvalue weighted by Crippen LogP contribution is 2.18. The predicted molar refractivity (Wildman–Crippen MR) is 68.1 cm³/mol. The molecule has 96 valence electrons. The molecular formula is C13H21FN2O. The molecule has 3 nitrogen and oxygen atoms in total. The van der Waals surface area contributed by atoms with Crippen LogP contribution in [0.25, 0.3) is 0 Å². The van der Waals surface area contributed by atoms with Gasteiger partial charge >= 0.3 is 0 Å². The van der Waals surface area contributed by atoms with Crippen molar-refractivity contribution in [2.45, 2.75) is 26.3 Å². The van der Waals surface area contributed by atoms with E-state index < -0.39 is 0 Å². The molecular weight excluding hydrogens is 219 g/mol. The van der Waals surface area contributed by atoms with Crippen molar-refractivity contribution in [3.63, 3.8) is 0 Å². The Balaban J connectivity index is 2.70. The third kappa shape index (κ3) is 4.32. The maximum Gasteiger partial charge on any atom is 0.129 e. The standard InChI is InChI=1S/C13H21FN2O/c1-2-3-7-16(8-9-17)10-11-12(14)5-4-6-13(11)15/h4-6,17H,2-3,7-10,15H2,1H3. The molecule has 0 bridgehead atoms. The van der Waals surface area contributed by atoms with E-state index in [0.717, 1.165) is 19.4 Å². The van der Waals surface area contributed by atoms with Crippen LogP contribution in [-0.4, -0.2) is 29.7 Å². The fourth-order valence-corrected chi connectivity index (χ4v) is 1.76. The molecule has 0 saturated carbocycles. The van der Waals surface area contributed by atoms with Gasteiger partial charge in [-0.1, -0.05) is 19.4 Å². The number of hydrogen-bond donors (Lipinski definition) is 2. The average molecular weight is 240 g/mol. The van der Waals surface area contributed by atoms with Gasteiger partial charge in [0.1, 0.15) is 5.82 Å². The molecule has 0 atom stereocenters. The molecule has 17 heavy (non-hydrogen) atoms. The van der Waals surface area contributed by atoms with Crippen LogP contribution in [-0.2, 0) is 6.54 Å². The summed E-state index contributed by atoms with van der Waals surface area (Å²) < 4.78 is 13.6. The second kappa shape index (κ2) is 7.25. The van der Waals surface area contributed by atoms with Gasteiger partial charge in [-0.3, -0.25) is 4.90 Å². The Kier molecular flexibility index (Phi) is 5.94. The number of nitrogen functional groups attached to an aromatic ring is 1. The number of hydrogen-bond acceptors (Lipinski definition) is 3. The first kappa shape index (κ1) is 13.9. The number of rotatable bonds is 7. The van der Waals surface area contributed by atoms with Gasteiger partial charge in [0.25, 0.3) is 0 Å². The summed E-state index contributed by atoms with van der Waals surface area (Å²) in [5.41, 5.74) is 6.77. The molecule has 0 saturated heterocycles. The molecule has 0 aliphatic heterocycles. The van der Waals surface area contributed by atoms with Crippen LogP contribution in [0.15, 0.2) is 18.2 Å². The van der Waals surface area contributed by atoms with Crippen molar-refractivity contribution >= 4 is 5.69 Å². The van der Waals surface area contributed by atoms with Gasteiger partial charge in [-0.2, -0.15) is 0 Å². The highest BCUT2D eigenvalue weighted by molar-refractivity contribution is 5.47. The Morgan fingerprint density at radius 1 is 1.35 bits per heavy atom. The van der Waals surface area contributed by atoms with Crippen molar-refractivity contribution in [1.29, 1.82) is 0 Å². The minimum Gasteiger partial charge on any atom is -0.398 e. The number of anilines is 1. The van der Waals surface area contributed by atoms with Crippen LogP contribution in [0.5, 0.6) is 0 Å². The fourth-order valence-electron chi connectivity index (χ4n) is 1.76. The highest BCUT2D eigenvalue weighted by atomic mass is 19.1. The maximum atomic E-state index is 13.6. The number of benzene rings is 1. The topological polar surface area (TPSA) is 49.5 Å². The number of nitrogens with two attached hydrogens (primary N) is 1. The van der Waals surface area contributed by atoms with Gasteiger partial charge in [-0.05, 0) is 25.1 Å². The minimum atomic E-state index is -0.274. The van der Waals surface area contributed by atoms with Crippen LogP contribution in [0.4, 0.5) is 10.1 Å². The van der Waals surface area contributed by atoms with Gasteiger partial charge in [-0.25, -0.2) is 4.39 Å². The monoisotopic (exact) mass is 240 g/mol. The predicted octanol–water partition coefficient (Wildman–Crippen LogP) is 2.00. The van der Waals surface area contributed by atoms with Crippen LogP contribution < -0.4 is 5.73 Å². The molecule has 3 N–H and O–H groups in total. The van der Waals surface area contributed by atoms with Gasteiger partial charge in [0.2, 0.25) is 0 Å². The summed E-state index contributed by atoms with van der Waals surface area (Å²) in [6.45, 7) is 4.05. The zero-order valence-electron chi connectivity index (χ0n) is 10.3.